The SMILES string of the molecule is C/C=C/CC1CCC(CCC2CCC(OCCC)CC2)CC1. The standard InChI is InChI=1S/C21H38O/c1-3-5-6-18-7-9-19(10-8-18)11-12-20-13-15-21(16-14-20)22-17-4-2/h3,5,18-21H,4,6-17H2,1-2H3/b5-3+. The van der Waals surface area contributed by atoms with Crippen molar-refractivity contribution < 1.29 is 4.74 Å². The third-order valence-corrected chi connectivity index (χ3v) is 6.01. The van der Waals surface area contributed by atoms with Crippen molar-refractivity contribution in [3.63, 3.8) is 0 Å². The smallest absolute Gasteiger partial charge is 0.0575 e. The van der Waals surface area contributed by atoms with Gasteiger partial charge in [-0.25, -0.2) is 0 Å². The van der Waals surface area contributed by atoms with E-state index in [1.165, 1.54) is 70.6 Å². The molecule has 1 nitrogen and oxygen atoms in total. The molecule has 0 radical (unpaired) electrons. The minimum atomic E-state index is 0.582. The molecule has 2 aliphatic rings. The summed E-state index contributed by atoms with van der Waals surface area (Å²) < 4.78 is 5.91. The molecule has 0 unspecified atom stereocenters. The molecule has 0 aromatic heterocycles. The molecule has 0 aromatic carbocycles. The second kappa shape index (κ2) is 10.5. The highest BCUT2D eigenvalue weighted by Crippen LogP contribution is 2.36. The van der Waals surface area contributed by atoms with Crippen molar-refractivity contribution >= 4 is 0 Å². The van der Waals surface area contributed by atoms with Crippen LogP contribution in [0.3, 0.4) is 0 Å². The van der Waals surface area contributed by atoms with Crippen molar-refractivity contribution in [2.75, 3.05) is 6.61 Å². The summed E-state index contributed by atoms with van der Waals surface area (Å²) in [5.74, 6) is 3.02. The molecule has 2 saturated carbocycles. The second-order valence-corrected chi connectivity index (χ2v) is 7.78. The van der Waals surface area contributed by atoms with Gasteiger partial charge in [-0.05, 0) is 76.0 Å². The first kappa shape index (κ1) is 18.0. The van der Waals surface area contributed by atoms with Gasteiger partial charge in [0.2, 0.25) is 0 Å². The largest absolute Gasteiger partial charge is 0.378 e. The molecule has 0 bridgehead atoms. The minimum absolute atomic E-state index is 0.582. The lowest BCUT2D eigenvalue weighted by molar-refractivity contribution is 0.0168. The van der Waals surface area contributed by atoms with Crippen LogP contribution in [0.2, 0.25) is 0 Å². The van der Waals surface area contributed by atoms with E-state index in [0.717, 1.165) is 30.8 Å². The van der Waals surface area contributed by atoms with Gasteiger partial charge in [0, 0.05) is 6.61 Å². The average Bonchev–Trinajstić information content (AvgIpc) is 2.58. The third-order valence-electron chi connectivity index (χ3n) is 6.01. The summed E-state index contributed by atoms with van der Waals surface area (Å²) in [6.45, 7) is 5.32. The number of ether oxygens (including phenoxy) is 1. The average molecular weight is 307 g/mol. The van der Waals surface area contributed by atoms with Crippen LogP contribution in [0, 0.1) is 17.8 Å². The Morgan fingerprint density at radius 3 is 1.91 bits per heavy atom. The van der Waals surface area contributed by atoms with Crippen LogP contribution in [-0.2, 0) is 4.74 Å². The van der Waals surface area contributed by atoms with E-state index in [-0.39, 0.29) is 0 Å². The topological polar surface area (TPSA) is 9.23 Å². The molecule has 2 rings (SSSR count). The Labute approximate surface area is 138 Å². The van der Waals surface area contributed by atoms with Crippen molar-refractivity contribution in [2.24, 2.45) is 17.8 Å². The summed E-state index contributed by atoms with van der Waals surface area (Å²) in [4.78, 5) is 0. The van der Waals surface area contributed by atoms with Gasteiger partial charge >= 0.3 is 0 Å². The predicted octanol–water partition coefficient (Wildman–Crippen LogP) is 6.52. The fourth-order valence-corrected chi connectivity index (χ4v) is 4.43. The van der Waals surface area contributed by atoms with E-state index >= 15 is 0 Å². The molecule has 0 heterocycles. The summed E-state index contributed by atoms with van der Waals surface area (Å²) >= 11 is 0. The van der Waals surface area contributed by atoms with E-state index in [0.29, 0.717) is 6.10 Å². The molecule has 0 aromatic rings. The molecule has 0 amide bonds. The Hall–Kier alpha value is -0.300. The van der Waals surface area contributed by atoms with E-state index in [2.05, 4.69) is 26.0 Å². The Balaban J connectivity index is 1.54. The van der Waals surface area contributed by atoms with Gasteiger partial charge in [-0.15, -0.1) is 0 Å². The first-order valence-electron chi connectivity index (χ1n) is 10.0. The zero-order valence-corrected chi connectivity index (χ0v) is 15.1. The van der Waals surface area contributed by atoms with Gasteiger partial charge in [-0.3, -0.25) is 0 Å². The van der Waals surface area contributed by atoms with Crippen molar-refractivity contribution in [1.82, 2.24) is 0 Å². The molecule has 2 fully saturated rings. The molecule has 0 aliphatic heterocycles. The van der Waals surface area contributed by atoms with Crippen LogP contribution < -0.4 is 0 Å². The minimum Gasteiger partial charge on any atom is -0.378 e. The highest BCUT2D eigenvalue weighted by atomic mass is 16.5. The lowest BCUT2D eigenvalue weighted by atomic mass is 9.76. The van der Waals surface area contributed by atoms with Crippen LogP contribution in [0.25, 0.3) is 0 Å². The zero-order valence-electron chi connectivity index (χ0n) is 15.1. The fourth-order valence-electron chi connectivity index (χ4n) is 4.43. The first-order valence-corrected chi connectivity index (χ1v) is 10.0. The van der Waals surface area contributed by atoms with Crippen molar-refractivity contribution in [2.45, 2.75) is 97.0 Å². The molecule has 0 atom stereocenters. The van der Waals surface area contributed by atoms with Gasteiger partial charge in [-0.1, -0.05) is 44.8 Å². The van der Waals surface area contributed by atoms with Gasteiger partial charge in [0.25, 0.3) is 0 Å². The first-order chi connectivity index (χ1) is 10.8. The van der Waals surface area contributed by atoms with Crippen LogP contribution in [0.5, 0.6) is 0 Å². The Morgan fingerprint density at radius 2 is 1.36 bits per heavy atom. The monoisotopic (exact) mass is 306 g/mol. The fraction of sp³-hybridized carbons (Fsp3) is 0.905. The summed E-state index contributed by atoms with van der Waals surface area (Å²) in [7, 11) is 0. The lowest BCUT2D eigenvalue weighted by Crippen LogP contribution is -2.23. The van der Waals surface area contributed by atoms with E-state index < -0.39 is 0 Å². The normalized spacial score (nSPS) is 33.4. The van der Waals surface area contributed by atoms with E-state index in [1.54, 1.807) is 0 Å². The molecule has 22 heavy (non-hydrogen) atoms. The number of allylic oxidation sites excluding steroid dienone is 2. The summed E-state index contributed by atoms with van der Waals surface area (Å²) in [6.07, 6.45) is 22.1. The maximum absolute atomic E-state index is 5.91. The molecular formula is C21H38O. The van der Waals surface area contributed by atoms with E-state index in [1.807, 2.05) is 0 Å². The summed E-state index contributed by atoms with van der Waals surface area (Å²) in [5, 5.41) is 0. The van der Waals surface area contributed by atoms with Crippen LogP contribution in [0.4, 0.5) is 0 Å². The third kappa shape index (κ3) is 6.44. The van der Waals surface area contributed by atoms with Crippen molar-refractivity contribution in [1.29, 1.82) is 0 Å². The maximum Gasteiger partial charge on any atom is 0.0575 e. The zero-order chi connectivity index (χ0) is 15.6. The van der Waals surface area contributed by atoms with Gasteiger partial charge in [-0.2, -0.15) is 0 Å². The lowest BCUT2D eigenvalue weighted by Gasteiger charge is -2.31. The molecule has 2 aliphatic carbocycles. The summed E-state index contributed by atoms with van der Waals surface area (Å²) in [6, 6.07) is 0. The highest BCUT2D eigenvalue weighted by molar-refractivity contribution is 4.83. The Bertz CT molecular complexity index is 293. The van der Waals surface area contributed by atoms with E-state index in [9.17, 15) is 0 Å². The van der Waals surface area contributed by atoms with Crippen LogP contribution >= 0.6 is 0 Å². The molecule has 0 saturated heterocycles. The molecular weight excluding hydrogens is 268 g/mol. The number of rotatable bonds is 8. The Morgan fingerprint density at radius 1 is 0.818 bits per heavy atom. The number of hydrogen-bond donors (Lipinski definition) is 0. The maximum atomic E-state index is 5.91. The predicted molar refractivity (Wildman–Crippen MR) is 96.1 cm³/mol. The number of hydrogen-bond acceptors (Lipinski definition) is 1. The van der Waals surface area contributed by atoms with Crippen molar-refractivity contribution in [3.8, 4) is 0 Å². The van der Waals surface area contributed by atoms with Gasteiger partial charge in [0.1, 0.15) is 0 Å². The van der Waals surface area contributed by atoms with Crippen LogP contribution in [-0.4, -0.2) is 12.7 Å². The molecule has 128 valence electrons. The quantitative estimate of drug-likeness (QED) is 0.463. The Kier molecular flexibility index (Phi) is 8.59. The van der Waals surface area contributed by atoms with Crippen molar-refractivity contribution in [3.05, 3.63) is 12.2 Å². The molecule has 1 heteroatoms. The highest BCUT2D eigenvalue weighted by Gasteiger charge is 2.24. The van der Waals surface area contributed by atoms with Gasteiger partial charge < -0.3 is 4.74 Å². The second-order valence-electron chi connectivity index (χ2n) is 7.78. The van der Waals surface area contributed by atoms with Gasteiger partial charge in [0.15, 0.2) is 0 Å². The van der Waals surface area contributed by atoms with Gasteiger partial charge in [0.05, 0.1) is 6.10 Å². The van der Waals surface area contributed by atoms with Crippen LogP contribution in [0.1, 0.15) is 90.9 Å². The summed E-state index contributed by atoms with van der Waals surface area (Å²) in [5.41, 5.74) is 0. The van der Waals surface area contributed by atoms with E-state index in [4.69, 9.17) is 4.74 Å². The molecule has 0 spiro atoms. The molecule has 0 N–H and O–H groups in total. The van der Waals surface area contributed by atoms with Crippen LogP contribution in [0.15, 0.2) is 12.2 Å².